The van der Waals surface area contributed by atoms with Crippen molar-refractivity contribution in [1.29, 1.82) is 0 Å². The first-order valence-corrected chi connectivity index (χ1v) is 9.95. The number of carbonyl (C=O) groups excluding carboxylic acids is 1. The summed E-state index contributed by atoms with van der Waals surface area (Å²) >= 11 is 0. The van der Waals surface area contributed by atoms with Gasteiger partial charge in [-0.3, -0.25) is 4.79 Å². The summed E-state index contributed by atoms with van der Waals surface area (Å²) in [4.78, 5) is 12.1. The van der Waals surface area contributed by atoms with E-state index in [-0.39, 0.29) is 11.4 Å². The molecule has 7 nitrogen and oxygen atoms in total. The smallest absolute Gasteiger partial charge is 0.255 e. The Morgan fingerprint density at radius 3 is 2.43 bits per heavy atom. The largest absolute Gasteiger partial charge is 0.490 e. The van der Waals surface area contributed by atoms with E-state index in [2.05, 4.69) is 17.1 Å². The number of hydrazone groups is 1. The molecule has 148 valence electrons. The van der Waals surface area contributed by atoms with E-state index in [0.29, 0.717) is 12.4 Å². The molecule has 0 bridgehead atoms. The van der Waals surface area contributed by atoms with Crippen LogP contribution in [0.5, 0.6) is 5.75 Å². The molecule has 1 N–H and O–H groups in total. The first-order valence-electron chi connectivity index (χ1n) is 8.51. The van der Waals surface area contributed by atoms with E-state index in [9.17, 15) is 13.2 Å². The molecule has 0 spiro atoms. The molecule has 2 aromatic rings. The van der Waals surface area contributed by atoms with Crippen molar-refractivity contribution in [2.75, 3.05) is 20.2 Å². The maximum atomic E-state index is 12.5. The van der Waals surface area contributed by atoms with Crippen LogP contribution in [0.25, 0.3) is 0 Å². The maximum Gasteiger partial charge on any atom is 0.255 e. The third kappa shape index (κ3) is 6.04. The summed E-state index contributed by atoms with van der Waals surface area (Å²) in [6, 6.07) is 13.5. The molecule has 0 aromatic heterocycles. The van der Waals surface area contributed by atoms with Crippen LogP contribution in [-0.4, -0.2) is 45.0 Å². The van der Waals surface area contributed by atoms with Crippen molar-refractivity contribution in [2.45, 2.75) is 11.8 Å². The first-order chi connectivity index (χ1) is 13.3. The Kier molecular flexibility index (Phi) is 7.48. The zero-order chi connectivity index (χ0) is 20.6. The van der Waals surface area contributed by atoms with Gasteiger partial charge in [0.1, 0.15) is 12.4 Å². The Labute approximate surface area is 165 Å². The third-order valence-corrected chi connectivity index (χ3v) is 5.56. The van der Waals surface area contributed by atoms with Crippen LogP contribution in [0.4, 0.5) is 0 Å². The summed E-state index contributed by atoms with van der Waals surface area (Å²) in [6.07, 6.45) is 3.12. The highest BCUT2D eigenvalue weighted by atomic mass is 32.2. The molecular formula is C20H23N3O4S. The van der Waals surface area contributed by atoms with Crippen molar-refractivity contribution >= 4 is 22.1 Å². The number of carbonyl (C=O) groups is 1. The average Bonchev–Trinajstić information content (AvgIpc) is 2.67. The molecular weight excluding hydrogens is 378 g/mol. The van der Waals surface area contributed by atoms with Crippen molar-refractivity contribution in [3.63, 3.8) is 0 Å². The van der Waals surface area contributed by atoms with Crippen molar-refractivity contribution in [2.24, 2.45) is 5.10 Å². The summed E-state index contributed by atoms with van der Waals surface area (Å²) in [7, 11) is -2.39. The Balaban J connectivity index is 1.89. The molecule has 1 amide bonds. The highest BCUT2D eigenvalue weighted by molar-refractivity contribution is 7.89. The molecule has 0 heterocycles. The molecule has 0 atom stereocenters. The van der Waals surface area contributed by atoms with Gasteiger partial charge < -0.3 is 4.74 Å². The Bertz CT molecular complexity index is 936. The lowest BCUT2D eigenvalue weighted by atomic mass is 10.2. The summed E-state index contributed by atoms with van der Waals surface area (Å²) in [6.45, 7) is 5.52. The molecule has 2 aromatic carbocycles. The van der Waals surface area contributed by atoms with Gasteiger partial charge in [-0.2, -0.15) is 9.41 Å². The lowest BCUT2D eigenvalue weighted by molar-refractivity contribution is -0.121. The lowest BCUT2D eigenvalue weighted by Gasteiger charge is -2.16. The fourth-order valence-electron chi connectivity index (χ4n) is 2.20. The van der Waals surface area contributed by atoms with E-state index in [4.69, 9.17) is 4.74 Å². The molecule has 0 aliphatic rings. The Morgan fingerprint density at radius 1 is 1.18 bits per heavy atom. The van der Waals surface area contributed by atoms with Crippen LogP contribution in [0.15, 0.2) is 71.2 Å². The number of nitrogens with zero attached hydrogens (tertiary/aromatic N) is 2. The second-order valence-electron chi connectivity index (χ2n) is 6.04. The molecule has 0 saturated heterocycles. The molecule has 0 saturated carbocycles. The van der Waals surface area contributed by atoms with Gasteiger partial charge in [-0.1, -0.05) is 30.4 Å². The van der Waals surface area contributed by atoms with Gasteiger partial charge in [0.05, 0.1) is 17.7 Å². The van der Waals surface area contributed by atoms with Crippen LogP contribution >= 0.6 is 0 Å². The number of hydrogen-bond donors (Lipinski definition) is 1. The second-order valence-corrected chi connectivity index (χ2v) is 8.08. The normalized spacial score (nSPS) is 11.5. The van der Waals surface area contributed by atoms with Crippen molar-refractivity contribution in [3.05, 3.63) is 72.3 Å². The maximum absolute atomic E-state index is 12.5. The Hall–Kier alpha value is -2.97. The zero-order valence-corrected chi connectivity index (χ0v) is 16.6. The van der Waals surface area contributed by atoms with Crippen LogP contribution < -0.4 is 10.2 Å². The quantitative estimate of drug-likeness (QED) is 0.397. The SMILES string of the molecule is C=CCOc1ccc(/C=N/NC(=O)CN(C)S(=O)(=O)c2ccc(C)cc2)cc1. The zero-order valence-electron chi connectivity index (χ0n) is 15.8. The highest BCUT2D eigenvalue weighted by Gasteiger charge is 2.22. The number of rotatable bonds is 9. The first kappa shape index (κ1) is 21.3. The summed E-state index contributed by atoms with van der Waals surface area (Å²) in [5.41, 5.74) is 4.03. The number of nitrogens with one attached hydrogen (secondary N) is 1. The molecule has 0 radical (unpaired) electrons. The van der Waals surface area contributed by atoms with Crippen LogP contribution in [0.2, 0.25) is 0 Å². The van der Waals surface area contributed by atoms with Crippen molar-refractivity contribution < 1.29 is 17.9 Å². The molecule has 2 rings (SSSR count). The van der Waals surface area contributed by atoms with Gasteiger partial charge in [0.2, 0.25) is 10.0 Å². The van der Waals surface area contributed by atoms with Gasteiger partial charge in [0, 0.05) is 7.05 Å². The number of likely N-dealkylation sites (N-methyl/N-ethyl adjacent to an activating group) is 1. The van der Waals surface area contributed by atoms with E-state index in [1.54, 1.807) is 42.5 Å². The Morgan fingerprint density at radius 2 is 1.82 bits per heavy atom. The van der Waals surface area contributed by atoms with Gasteiger partial charge >= 0.3 is 0 Å². The predicted octanol–water partition coefficient (Wildman–Crippen LogP) is 2.33. The van der Waals surface area contributed by atoms with Crippen molar-refractivity contribution in [1.82, 2.24) is 9.73 Å². The molecule has 0 aliphatic heterocycles. The number of benzene rings is 2. The molecule has 0 aliphatic carbocycles. The molecule has 28 heavy (non-hydrogen) atoms. The fourth-order valence-corrected chi connectivity index (χ4v) is 3.32. The van der Waals surface area contributed by atoms with Crippen LogP contribution in [-0.2, 0) is 14.8 Å². The second kappa shape index (κ2) is 9.82. The van der Waals surface area contributed by atoms with E-state index in [1.807, 2.05) is 6.92 Å². The number of ether oxygens (including phenoxy) is 1. The average molecular weight is 401 g/mol. The molecule has 0 unspecified atom stereocenters. The summed E-state index contributed by atoms with van der Waals surface area (Å²) < 4.78 is 31.3. The van der Waals surface area contributed by atoms with E-state index in [1.165, 1.54) is 25.4 Å². The minimum atomic E-state index is -3.74. The van der Waals surface area contributed by atoms with Gasteiger partial charge in [0.15, 0.2) is 0 Å². The standard InChI is InChI=1S/C20H23N3O4S/c1-4-13-27-18-9-7-17(8-10-18)14-21-22-20(24)15-23(3)28(25,26)19-11-5-16(2)6-12-19/h4-12,14H,1,13,15H2,2-3H3,(H,22,24)/b21-14+. The van der Waals surface area contributed by atoms with Gasteiger partial charge in [0.25, 0.3) is 5.91 Å². The van der Waals surface area contributed by atoms with Crippen LogP contribution in [0.1, 0.15) is 11.1 Å². The summed E-state index contributed by atoms with van der Waals surface area (Å²) in [5, 5.41) is 3.85. The molecule has 0 fully saturated rings. The van der Waals surface area contributed by atoms with E-state index < -0.39 is 15.9 Å². The fraction of sp³-hybridized carbons (Fsp3) is 0.200. The van der Waals surface area contributed by atoms with Crippen LogP contribution in [0.3, 0.4) is 0 Å². The molecule has 8 heteroatoms. The van der Waals surface area contributed by atoms with E-state index in [0.717, 1.165) is 15.4 Å². The monoisotopic (exact) mass is 401 g/mol. The van der Waals surface area contributed by atoms with Gasteiger partial charge in [-0.15, -0.1) is 0 Å². The van der Waals surface area contributed by atoms with Gasteiger partial charge in [-0.25, -0.2) is 13.8 Å². The number of hydrogen-bond acceptors (Lipinski definition) is 5. The number of amides is 1. The number of aryl methyl sites for hydroxylation is 1. The van der Waals surface area contributed by atoms with Crippen LogP contribution in [0, 0.1) is 6.92 Å². The van der Waals surface area contributed by atoms with Crippen molar-refractivity contribution in [3.8, 4) is 5.75 Å². The minimum Gasteiger partial charge on any atom is -0.490 e. The predicted molar refractivity (Wildman–Crippen MR) is 109 cm³/mol. The number of sulfonamides is 1. The topological polar surface area (TPSA) is 88.1 Å². The van der Waals surface area contributed by atoms with E-state index >= 15 is 0 Å². The highest BCUT2D eigenvalue weighted by Crippen LogP contribution is 2.14. The summed E-state index contributed by atoms with van der Waals surface area (Å²) in [5.74, 6) is 0.157. The third-order valence-electron chi connectivity index (χ3n) is 3.75. The van der Waals surface area contributed by atoms with Gasteiger partial charge in [-0.05, 0) is 48.9 Å². The minimum absolute atomic E-state index is 0.135. The lowest BCUT2D eigenvalue weighted by Crippen LogP contribution is -2.36.